The fourth-order valence-electron chi connectivity index (χ4n) is 2.21. The monoisotopic (exact) mass is 396 g/mol. The van der Waals surface area contributed by atoms with Crippen LogP contribution in [0.25, 0.3) is 0 Å². The van der Waals surface area contributed by atoms with E-state index in [0.717, 1.165) is 12.8 Å². The number of esters is 1. The lowest BCUT2D eigenvalue weighted by Gasteiger charge is -2.16. The van der Waals surface area contributed by atoms with Crippen molar-refractivity contribution in [2.75, 3.05) is 4.43 Å². The van der Waals surface area contributed by atoms with E-state index in [9.17, 15) is 9.59 Å². The normalized spacial score (nSPS) is 12.2. The van der Waals surface area contributed by atoms with Gasteiger partial charge in [-0.05, 0) is 37.0 Å². The zero-order valence-electron chi connectivity index (χ0n) is 13.0. The first-order valence-corrected chi connectivity index (χ1v) is 9.31. The molecular formula is C16H29IO3. The number of unbranched alkanes of at least 4 members (excludes halogenated alkanes) is 6. The Hall–Kier alpha value is -0.130. The highest BCUT2D eigenvalue weighted by Crippen LogP contribution is 2.15. The molecule has 0 spiro atoms. The second-order valence-electron chi connectivity index (χ2n) is 5.42. The van der Waals surface area contributed by atoms with Gasteiger partial charge in [-0.2, -0.15) is 0 Å². The second kappa shape index (κ2) is 13.8. The second-order valence-corrected chi connectivity index (χ2v) is 6.50. The Morgan fingerprint density at radius 2 is 1.45 bits per heavy atom. The van der Waals surface area contributed by atoms with Crippen LogP contribution < -0.4 is 0 Å². The predicted molar refractivity (Wildman–Crippen MR) is 91.3 cm³/mol. The van der Waals surface area contributed by atoms with Crippen LogP contribution in [0.4, 0.5) is 0 Å². The summed E-state index contributed by atoms with van der Waals surface area (Å²) in [5, 5.41) is 0. The molecule has 118 valence electrons. The fraction of sp³-hybridized carbons (Fsp3) is 0.875. The molecule has 0 heterocycles. The number of halogens is 1. The van der Waals surface area contributed by atoms with Crippen LogP contribution in [0.2, 0.25) is 0 Å². The lowest BCUT2D eigenvalue weighted by molar-refractivity contribution is -0.147. The molecule has 0 saturated heterocycles. The smallest absolute Gasteiger partial charge is 0.302 e. The van der Waals surface area contributed by atoms with Crippen molar-refractivity contribution in [3.05, 3.63) is 0 Å². The highest BCUT2D eigenvalue weighted by Gasteiger charge is 2.12. The molecule has 20 heavy (non-hydrogen) atoms. The molecule has 0 radical (unpaired) electrons. The third kappa shape index (κ3) is 14.3. The zero-order valence-corrected chi connectivity index (χ0v) is 15.1. The van der Waals surface area contributed by atoms with E-state index in [1.165, 1.54) is 49.9 Å². The first-order chi connectivity index (χ1) is 9.56. The molecule has 0 aromatic heterocycles. The van der Waals surface area contributed by atoms with Crippen molar-refractivity contribution >= 4 is 34.3 Å². The van der Waals surface area contributed by atoms with Crippen LogP contribution in [0.5, 0.6) is 0 Å². The van der Waals surface area contributed by atoms with Crippen molar-refractivity contribution in [1.82, 2.24) is 0 Å². The minimum atomic E-state index is -0.239. The van der Waals surface area contributed by atoms with Crippen LogP contribution in [0.3, 0.4) is 0 Å². The van der Waals surface area contributed by atoms with Crippen LogP contribution >= 0.6 is 22.6 Å². The summed E-state index contributed by atoms with van der Waals surface area (Å²) in [5.74, 6) is -0.0743. The molecule has 0 rings (SSSR count). The first-order valence-electron chi connectivity index (χ1n) is 7.79. The predicted octanol–water partition coefficient (Wildman–Crippen LogP) is 4.84. The van der Waals surface area contributed by atoms with Crippen molar-refractivity contribution < 1.29 is 14.3 Å². The minimum absolute atomic E-state index is 0.0737. The van der Waals surface area contributed by atoms with Gasteiger partial charge in [0, 0.05) is 13.3 Å². The molecule has 0 amide bonds. The Labute approximate surface area is 137 Å². The minimum Gasteiger partial charge on any atom is -0.463 e. The van der Waals surface area contributed by atoms with Gasteiger partial charge < -0.3 is 9.53 Å². The Bertz CT molecular complexity index is 266. The zero-order chi connectivity index (χ0) is 15.2. The Kier molecular flexibility index (Phi) is 13.7. The molecule has 3 nitrogen and oxygen atoms in total. The molecule has 0 bridgehead atoms. The van der Waals surface area contributed by atoms with E-state index in [4.69, 9.17) is 4.74 Å². The number of Topliss-reactive ketones (excluding diaryl/α,β-unsaturated/α-hetero) is 1. The SMILES string of the molecule is CC(=O)CCC(CCCCCCCCCI)OC(C)=O. The third-order valence-corrected chi connectivity index (χ3v) is 4.07. The van der Waals surface area contributed by atoms with Crippen LogP contribution in [-0.2, 0) is 14.3 Å². The fourth-order valence-corrected chi connectivity index (χ4v) is 2.75. The van der Waals surface area contributed by atoms with E-state index in [1.807, 2.05) is 0 Å². The van der Waals surface area contributed by atoms with Gasteiger partial charge in [0.05, 0.1) is 0 Å². The van der Waals surface area contributed by atoms with E-state index in [1.54, 1.807) is 6.92 Å². The number of alkyl halides is 1. The molecule has 0 aliphatic rings. The summed E-state index contributed by atoms with van der Waals surface area (Å²) < 4.78 is 6.53. The average molecular weight is 396 g/mol. The van der Waals surface area contributed by atoms with Gasteiger partial charge in [0.15, 0.2) is 0 Å². The van der Waals surface area contributed by atoms with Gasteiger partial charge in [-0.15, -0.1) is 0 Å². The number of hydrogen-bond donors (Lipinski definition) is 0. The average Bonchev–Trinajstić information content (AvgIpc) is 2.38. The van der Waals surface area contributed by atoms with Gasteiger partial charge in [-0.1, -0.05) is 54.7 Å². The third-order valence-electron chi connectivity index (χ3n) is 3.31. The van der Waals surface area contributed by atoms with E-state index >= 15 is 0 Å². The Morgan fingerprint density at radius 1 is 0.900 bits per heavy atom. The summed E-state index contributed by atoms with van der Waals surface area (Å²) in [6.07, 6.45) is 10.9. The summed E-state index contributed by atoms with van der Waals surface area (Å²) in [5.41, 5.74) is 0. The van der Waals surface area contributed by atoms with E-state index in [2.05, 4.69) is 22.6 Å². The topological polar surface area (TPSA) is 43.4 Å². The number of hydrogen-bond acceptors (Lipinski definition) is 3. The largest absolute Gasteiger partial charge is 0.463 e. The standard InChI is InChI=1S/C16H29IO3/c1-14(18)11-12-16(20-15(2)19)10-8-6-4-3-5-7-9-13-17/h16H,3-13H2,1-2H3. The highest BCUT2D eigenvalue weighted by molar-refractivity contribution is 14.1. The van der Waals surface area contributed by atoms with Crippen molar-refractivity contribution in [3.8, 4) is 0 Å². The lowest BCUT2D eigenvalue weighted by atomic mass is 10.0. The molecule has 0 aliphatic carbocycles. The van der Waals surface area contributed by atoms with Gasteiger partial charge in [0.1, 0.15) is 11.9 Å². The maximum Gasteiger partial charge on any atom is 0.302 e. The molecule has 0 aromatic rings. The molecule has 4 heteroatoms. The van der Waals surface area contributed by atoms with Crippen molar-refractivity contribution in [1.29, 1.82) is 0 Å². The molecule has 0 aliphatic heterocycles. The van der Waals surface area contributed by atoms with Crippen LogP contribution in [-0.4, -0.2) is 22.3 Å². The number of carbonyl (C=O) groups is 2. The van der Waals surface area contributed by atoms with Crippen LogP contribution in [0.1, 0.15) is 78.1 Å². The molecule has 0 N–H and O–H groups in total. The van der Waals surface area contributed by atoms with Gasteiger partial charge in [0.25, 0.3) is 0 Å². The Morgan fingerprint density at radius 3 is 1.95 bits per heavy atom. The number of carbonyl (C=O) groups excluding carboxylic acids is 2. The van der Waals surface area contributed by atoms with Gasteiger partial charge in [0.2, 0.25) is 0 Å². The Balaban J connectivity index is 3.62. The molecule has 1 atom stereocenters. The lowest BCUT2D eigenvalue weighted by Crippen LogP contribution is -2.17. The summed E-state index contributed by atoms with van der Waals surface area (Å²) >= 11 is 2.43. The molecule has 1 unspecified atom stereocenters. The van der Waals surface area contributed by atoms with Crippen LogP contribution in [0.15, 0.2) is 0 Å². The van der Waals surface area contributed by atoms with Crippen molar-refractivity contribution in [3.63, 3.8) is 0 Å². The quantitative estimate of drug-likeness (QED) is 0.194. The number of ether oxygens (including phenoxy) is 1. The maximum atomic E-state index is 11.0. The molecule has 0 fully saturated rings. The van der Waals surface area contributed by atoms with Gasteiger partial charge >= 0.3 is 5.97 Å². The van der Waals surface area contributed by atoms with Gasteiger partial charge in [-0.25, -0.2) is 0 Å². The maximum absolute atomic E-state index is 11.0. The van der Waals surface area contributed by atoms with E-state index in [-0.39, 0.29) is 17.9 Å². The van der Waals surface area contributed by atoms with Crippen molar-refractivity contribution in [2.24, 2.45) is 0 Å². The van der Waals surface area contributed by atoms with Crippen molar-refractivity contribution in [2.45, 2.75) is 84.2 Å². The first kappa shape index (κ1) is 19.9. The highest BCUT2D eigenvalue weighted by atomic mass is 127. The number of ketones is 1. The summed E-state index contributed by atoms with van der Waals surface area (Å²) in [6.45, 7) is 3.02. The van der Waals surface area contributed by atoms with E-state index < -0.39 is 0 Å². The van der Waals surface area contributed by atoms with Gasteiger partial charge in [-0.3, -0.25) is 4.79 Å². The molecule has 0 aromatic carbocycles. The summed E-state index contributed by atoms with van der Waals surface area (Å²) in [4.78, 5) is 22.0. The molecular weight excluding hydrogens is 367 g/mol. The summed E-state index contributed by atoms with van der Waals surface area (Å²) in [6, 6.07) is 0. The molecule has 0 saturated carbocycles. The van der Waals surface area contributed by atoms with Crippen LogP contribution in [0, 0.1) is 0 Å². The number of rotatable bonds is 13. The summed E-state index contributed by atoms with van der Waals surface area (Å²) in [7, 11) is 0. The van der Waals surface area contributed by atoms with E-state index in [0.29, 0.717) is 12.8 Å².